The minimum atomic E-state index is -4.36. The third kappa shape index (κ3) is 3.62. The van der Waals surface area contributed by atoms with Gasteiger partial charge in [-0.3, -0.25) is 4.98 Å². The maximum absolute atomic E-state index is 12.8. The first kappa shape index (κ1) is 18.1. The van der Waals surface area contributed by atoms with Gasteiger partial charge >= 0.3 is 6.18 Å². The molecule has 3 aromatic rings. The highest BCUT2D eigenvalue weighted by Crippen LogP contribution is 2.33. The second-order valence-corrected chi connectivity index (χ2v) is 5.49. The van der Waals surface area contributed by atoms with Crippen LogP contribution in [0.3, 0.4) is 0 Å². The molecule has 0 aliphatic carbocycles. The number of nitrogens with zero attached hydrogens (tertiary/aromatic N) is 1. The first-order valence-electron chi connectivity index (χ1n) is 7.16. The van der Waals surface area contributed by atoms with Crippen LogP contribution < -0.4 is 17.7 Å². The molecule has 6 heteroatoms. The number of nitrogens with one attached hydrogen (secondary N) is 1. The summed E-state index contributed by atoms with van der Waals surface area (Å²) in [6.45, 7) is 3.83. The first-order valence-corrected chi connectivity index (χ1v) is 7.16. The van der Waals surface area contributed by atoms with E-state index < -0.39 is 11.7 Å². The molecule has 2 nitrogen and oxygen atoms in total. The molecule has 0 aliphatic heterocycles. The molecular formula is C18H15ClF3N2-. The van der Waals surface area contributed by atoms with Crippen LogP contribution in [0.25, 0.3) is 10.9 Å². The van der Waals surface area contributed by atoms with Crippen molar-refractivity contribution in [2.24, 2.45) is 0 Å². The number of para-hydroxylation sites is 1. The van der Waals surface area contributed by atoms with E-state index in [0.717, 1.165) is 40.0 Å². The zero-order chi connectivity index (χ0) is 16.6. The standard InChI is InChI=1S/C18H15F3N2.ClH/c1-11-5-3-8-15-16(9-12(2)22-17(11)15)23-14-7-4-6-13(10-14)18(19,20)21;/h3-10H,1-2H3,(H,22,23);1H/p-1. The number of aryl methyl sites for hydroxylation is 2. The summed E-state index contributed by atoms with van der Waals surface area (Å²) in [5, 5.41) is 3.97. The molecule has 0 saturated heterocycles. The quantitative estimate of drug-likeness (QED) is 0.767. The number of benzene rings is 2. The van der Waals surface area contributed by atoms with Gasteiger partial charge in [0.2, 0.25) is 0 Å². The van der Waals surface area contributed by atoms with Gasteiger partial charge < -0.3 is 17.7 Å². The van der Waals surface area contributed by atoms with Crippen LogP contribution in [-0.2, 0) is 6.18 Å². The summed E-state index contributed by atoms with van der Waals surface area (Å²) in [5.41, 5.74) is 3.15. The van der Waals surface area contributed by atoms with Gasteiger partial charge in [-0.1, -0.05) is 24.3 Å². The fraction of sp³-hybridized carbons (Fsp3) is 0.167. The molecule has 0 aliphatic rings. The van der Waals surface area contributed by atoms with E-state index in [-0.39, 0.29) is 12.4 Å². The number of hydrogen-bond donors (Lipinski definition) is 1. The monoisotopic (exact) mass is 351 g/mol. The molecule has 1 heterocycles. The molecule has 2 aromatic carbocycles. The van der Waals surface area contributed by atoms with Gasteiger partial charge in [0.15, 0.2) is 0 Å². The third-order valence-corrected chi connectivity index (χ3v) is 3.64. The lowest BCUT2D eigenvalue weighted by Gasteiger charge is -2.14. The Kier molecular flexibility index (Phi) is 5.04. The lowest BCUT2D eigenvalue weighted by molar-refractivity contribution is -0.137. The maximum atomic E-state index is 12.8. The fourth-order valence-electron chi connectivity index (χ4n) is 2.55. The largest absolute Gasteiger partial charge is 1.00 e. The molecule has 126 valence electrons. The van der Waals surface area contributed by atoms with Crippen LogP contribution in [0.5, 0.6) is 0 Å². The van der Waals surface area contributed by atoms with Crippen LogP contribution in [0, 0.1) is 13.8 Å². The van der Waals surface area contributed by atoms with Crippen molar-refractivity contribution in [2.75, 3.05) is 5.32 Å². The molecule has 0 fully saturated rings. The summed E-state index contributed by atoms with van der Waals surface area (Å²) in [6, 6.07) is 12.8. The van der Waals surface area contributed by atoms with Crippen molar-refractivity contribution in [3.05, 3.63) is 65.4 Å². The Morgan fingerprint density at radius 1 is 0.958 bits per heavy atom. The van der Waals surface area contributed by atoms with Crippen molar-refractivity contribution in [1.82, 2.24) is 4.98 Å². The van der Waals surface area contributed by atoms with E-state index in [1.807, 2.05) is 38.1 Å². The van der Waals surface area contributed by atoms with Crippen LogP contribution in [0.2, 0.25) is 0 Å². The van der Waals surface area contributed by atoms with E-state index in [0.29, 0.717) is 5.69 Å². The van der Waals surface area contributed by atoms with E-state index in [9.17, 15) is 13.2 Å². The second-order valence-electron chi connectivity index (χ2n) is 5.49. The van der Waals surface area contributed by atoms with Crippen LogP contribution in [0.4, 0.5) is 24.5 Å². The number of pyridine rings is 1. The van der Waals surface area contributed by atoms with Gasteiger partial charge in [0.25, 0.3) is 0 Å². The summed E-state index contributed by atoms with van der Waals surface area (Å²) < 4.78 is 38.5. The van der Waals surface area contributed by atoms with E-state index in [1.54, 1.807) is 6.07 Å². The van der Waals surface area contributed by atoms with Gasteiger partial charge in [-0.05, 0) is 43.7 Å². The highest BCUT2D eigenvalue weighted by Gasteiger charge is 2.30. The summed E-state index contributed by atoms with van der Waals surface area (Å²) in [7, 11) is 0. The van der Waals surface area contributed by atoms with Gasteiger partial charge in [-0.15, -0.1) is 0 Å². The van der Waals surface area contributed by atoms with Crippen molar-refractivity contribution < 1.29 is 25.6 Å². The average molecular weight is 352 g/mol. The minimum Gasteiger partial charge on any atom is -1.00 e. The summed E-state index contributed by atoms with van der Waals surface area (Å²) in [5.74, 6) is 0. The SMILES string of the molecule is Cc1cc(Nc2cccc(C(F)(F)F)c2)c2cccc(C)c2n1.[Cl-]. The maximum Gasteiger partial charge on any atom is 0.416 e. The average Bonchev–Trinajstić information content (AvgIpc) is 2.48. The molecule has 24 heavy (non-hydrogen) atoms. The zero-order valence-corrected chi connectivity index (χ0v) is 13.8. The first-order chi connectivity index (χ1) is 10.8. The Bertz CT molecular complexity index is 876. The zero-order valence-electron chi connectivity index (χ0n) is 13.1. The molecule has 0 bridgehead atoms. The number of aromatic nitrogens is 1. The highest BCUT2D eigenvalue weighted by molar-refractivity contribution is 5.94. The third-order valence-electron chi connectivity index (χ3n) is 3.64. The smallest absolute Gasteiger partial charge is 0.416 e. The minimum absolute atomic E-state index is 0. The molecule has 0 amide bonds. The Balaban J connectivity index is 0.00000208. The number of rotatable bonds is 2. The van der Waals surface area contributed by atoms with E-state index in [2.05, 4.69) is 10.3 Å². The molecular weight excluding hydrogens is 337 g/mol. The number of halogens is 4. The molecule has 0 atom stereocenters. The molecule has 0 saturated carbocycles. The van der Waals surface area contributed by atoms with Crippen molar-refractivity contribution in [3.63, 3.8) is 0 Å². The van der Waals surface area contributed by atoms with Crippen LogP contribution in [0.15, 0.2) is 48.5 Å². The van der Waals surface area contributed by atoms with Crippen molar-refractivity contribution in [3.8, 4) is 0 Å². The molecule has 0 spiro atoms. The van der Waals surface area contributed by atoms with Crippen molar-refractivity contribution in [2.45, 2.75) is 20.0 Å². The normalized spacial score (nSPS) is 11.2. The van der Waals surface area contributed by atoms with Gasteiger partial charge in [-0.25, -0.2) is 0 Å². The predicted octanol–water partition coefficient (Wildman–Crippen LogP) is 2.62. The fourth-order valence-corrected chi connectivity index (χ4v) is 2.55. The summed E-state index contributed by atoms with van der Waals surface area (Å²) in [6.07, 6.45) is -4.36. The van der Waals surface area contributed by atoms with Gasteiger partial charge in [0, 0.05) is 22.5 Å². The molecule has 3 rings (SSSR count). The molecule has 0 unspecified atom stereocenters. The van der Waals surface area contributed by atoms with Gasteiger partial charge in [0.1, 0.15) is 0 Å². The van der Waals surface area contributed by atoms with Crippen LogP contribution >= 0.6 is 0 Å². The second kappa shape index (κ2) is 6.69. The molecule has 1 N–H and O–H groups in total. The summed E-state index contributed by atoms with van der Waals surface area (Å²) >= 11 is 0. The number of fused-ring (bicyclic) bond motifs is 1. The predicted molar refractivity (Wildman–Crippen MR) is 85.9 cm³/mol. The Labute approximate surface area is 144 Å². The Morgan fingerprint density at radius 3 is 2.38 bits per heavy atom. The Hall–Kier alpha value is -2.27. The number of hydrogen-bond acceptors (Lipinski definition) is 2. The van der Waals surface area contributed by atoms with Crippen molar-refractivity contribution in [1.29, 1.82) is 0 Å². The van der Waals surface area contributed by atoms with Crippen LogP contribution in [0.1, 0.15) is 16.8 Å². The lowest BCUT2D eigenvalue weighted by Crippen LogP contribution is -3.00. The summed E-state index contributed by atoms with van der Waals surface area (Å²) in [4.78, 5) is 4.51. The van der Waals surface area contributed by atoms with Gasteiger partial charge in [-0.2, -0.15) is 13.2 Å². The van der Waals surface area contributed by atoms with E-state index in [4.69, 9.17) is 0 Å². The van der Waals surface area contributed by atoms with Crippen LogP contribution in [-0.4, -0.2) is 4.98 Å². The Morgan fingerprint density at radius 2 is 1.67 bits per heavy atom. The lowest BCUT2D eigenvalue weighted by atomic mass is 10.1. The number of alkyl halides is 3. The van der Waals surface area contributed by atoms with E-state index in [1.165, 1.54) is 6.07 Å². The topological polar surface area (TPSA) is 24.9 Å². The highest BCUT2D eigenvalue weighted by atomic mass is 35.5. The van der Waals surface area contributed by atoms with Gasteiger partial charge in [0.05, 0.1) is 11.1 Å². The van der Waals surface area contributed by atoms with E-state index >= 15 is 0 Å². The molecule has 0 radical (unpaired) electrons. The molecule has 1 aromatic heterocycles. The number of anilines is 2. The van der Waals surface area contributed by atoms with Crippen molar-refractivity contribution >= 4 is 22.3 Å².